The van der Waals surface area contributed by atoms with E-state index in [0.29, 0.717) is 18.0 Å². The second-order valence-electron chi connectivity index (χ2n) is 7.80. The van der Waals surface area contributed by atoms with Crippen molar-refractivity contribution in [3.8, 4) is 5.75 Å². The molecule has 2 aromatic rings. The van der Waals surface area contributed by atoms with E-state index in [9.17, 15) is 13.2 Å². The SMILES string of the molecule is COc1ccc(S(=O)(=O)Nc2ccc3c(c2)CCN3C(=O)C2CCCC2)cc1C. The molecule has 7 heteroatoms. The lowest BCUT2D eigenvalue weighted by Crippen LogP contribution is -2.33. The molecule has 154 valence electrons. The Kier molecular flexibility index (Phi) is 5.25. The molecular weight excluding hydrogens is 388 g/mol. The summed E-state index contributed by atoms with van der Waals surface area (Å²) in [5, 5.41) is 0. The first-order valence-electron chi connectivity index (χ1n) is 10.0. The van der Waals surface area contributed by atoms with E-state index in [2.05, 4.69) is 4.72 Å². The lowest BCUT2D eigenvalue weighted by molar-refractivity contribution is -0.122. The fraction of sp³-hybridized carbons (Fsp3) is 0.409. The van der Waals surface area contributed by atoms with Crippen molar-refractivity contribution in [2.24, 2.45) is 5.92 Å². The van der Waals surface area contributed by atoms with Crippen molar-refractivity contribution in [2.45, 2.75) is 43.9 Å². The number of sulfonamides is 1. The number of hydrogen-bond acceptors (Lipinski definition) is 4. The van der Waals surface area contributed by atoms with E-state index < -0.39 is 10.0 Å². The van der Waals surface area contributed by atoms with E-state index >= 15 is 0 Å². The van der Waals surface area contributed by atoms with Crippen LogP contribution in [-0.4, -0.2) is 28.0 Å². The van der Waals surface area contributed by atoms with Crippen LogP contribution in [0.1, 0.15) is 36.8 Å². The van der Waals surface area contributed by atoms with Gasteiger partial charge in [-0.2, -0.15) is 0 Å². The van der Waals surface area contributed by atoms with Gasteiger partial charge in [0, 0.05) is 23.8 Å². The summed E-state index contributed by atoms with van der Waals surface area (Å²) in [7, 11) is -2.15. The molecule has 1 N–H and O–H groups in total. The summed E-state index contributed by atoms with van der Waals surface area (Å²) in [4.78, 5) is 14.9. The Hall–Kier alpha value is -2.54. The maximum atomic E-state index is 12.8. The van der Waals surface area contributed by atoms with Crippen molar-refractivity contribution in [1.82, 2.24) is 0 Å². The fourth-order valence-electron chi connectivity index (χ4n) is 4.32. The summed E-state index contributed by atoms with van der Waals surface area (Å²) in [5.41, 5.74) is 3.17. The zero-order valence-electron chi connectivity index (χ0n) is 16.8. The van der Waals surface area contributed by atoms with Crippen LogP contribution < -0.4 is 14.4 Å². The largest absolute Gasteiger partial charge is 0.496 e. The van der Waals surface area contributed by atoms with Crippen LogP contribution in [-0.2, 0) is 21.2 Å². The molecule has 0 unspecified atom stereocenters. The molecule has 1 amide bonds. The number of ether oxygens (including phenoxy) is 1. The van der Waals surface area contributed by atoms with E-state index in [4.69, 9.17) is 4.74 Å². The van der Waals surface area contributed by atoms with E-state index in [-0.39, 0.29) is 16.7 Å². The summed E-state index contributed by atoms with van der Waals surface area (Å²) in [6.45, 7) is 2.47. The van der Waals surface area contributed by atoms with Crippen LogP contribution in [0.25, 0.3) is 0 Å². The molecule has 0 aromatic heterocycles. The zero-order chi connectivity index (χ0) is 20.6. The van der Waals surface area contributed by atoms with Crippen LogP contribution in [0.3, 0.4) is 0 Å². The minimum Gasteiger partial charge on any atom is -0.496 e. The zero-order valence-corrected chi connectivity index (χ0v) is 17.6. The summed E-state index contributed by atoms with van der Waals surface area (Å²) >= 11 is 0. The van der Waals surface area contributed by atoms with Crippen molar-refractivity contribution < 1.29 is 17.9 Å². The Bertz CT molecular complexity index is 1040. The molecule has 0 saturated heterocycles. The van der Waals surface area contributed by atoms with Crippen molar-refractivity contribution in [3.05, 3.63) is 47.5 Å². The number of benzene rings is 2. The number of rotatable bonds is 5. The quantitative estimate of drug-likeness (QED) is 0.806. The average Bonchev–Trinajstić information content (AvgIpc) is 3.37. The molecule has 29 heavy (non-hydrogen) atoms. The molecule has 1 saturated carbocycles. The number of nitrogens with zero attached hydrogens (tertiary/aromatic N) is 1. The topological polar surface area (TPSA) is 75.7 Å². The number of aryl methyl sites for hydroxylation is 1. The first kappa shape index (κ1) is 19.8. The number of methoxy groups -OCH3 is 1. The molecule has 0 bridgehead atoms. The number of anilines is 2. The Morgan fingerprint density at radius 1 is 1.14 bits per heavy atom. The van der Waals surface area contributed by atoms with E-state index in [1.54, 1.807) is 25.3 Å². The molecule has 1 fully saturated rings. The normalized spacial score (nSPS) is 16.7. The van der Waals surface area contributed by atoms with E-state index in [1.807, 2.05) is 24.0 Å². The number of nitrogens with one attached hydrogen (secondary N) is 1. The Balaban J connectivity index is 1.54. The van der Waals surface area contributed by atoms with Crippen LogP contribution in [0, 0.1) is 12.8 Å². The van der Waals surface area contributed by atoms with Crippen LogP contribution in [0.15, 0.2) is 41.3 Å². The number of fused-ring (bicyclic) bond motifs is 1. The van der Waals surface area contributed by atoms with Gasteiger partial charge in [-0.1, -0.05) is 12.8 Å². The van der Waals surface area contributed by atoms with Crippen LogP contribution in [0.4, 0.5) is 11.4 Å². The third-order valence-corrected chi connectivity index (χ3v) is 7.25. The van der Waals surface area contributed by atoms with Crippen molar-refractivity contribution >= 4 is 27.3 Å². The Labute approximate surface area is 171 Å². The van der Waals surface area contributed by atoms with Crippen LogP contribution in [0.5, 0.6) is 5.75 Å². The Morgan fingerprint density at radius 3 is 2.59 bits per heavy atom. The molecule has 2 aliphatic rings. The van der Waals surface area contributed by atoms with Gasteiger partial charge in [0.05, 0.1) is 12.0 Å². The lowest BCUT2D eigenvalue weighted by Gasteiger charge is -2.21. The van der Waals surface area contributed by atoms with E-state index in [1.165, 1.54) is 6.07 Å². The maximum absolute atomic E-state index is 12.8. The average molecular weight is 415 g/mol. The van der Waals surface area contributed by atoms with Gasteiger partial charge < -0.3 is 9.64 Å². The third-order valence-electron chi connectivity index (χ3n) is 5.87. The van der Waals surface area contributed by atoms with E-state index in [0.717, 1.165) is 48.9 Å². The maximum Gasteiger partial charge on any atom is 0.261 e. The number of carbonyl (C=O) groups excluding carboxylic acids is 1. The summed E-state index contributed by atoms with van der Waals surface area (Å²) in [6.07, 6.45) is 4.95. The second kappa shape index (κ2) is 7.71. The highest BCUT2D eigenvalue weighted by Gasteiger charge is 2.32. The van der Waals surface area contributed by atoms with Crippen LogP contribution >= 0.6 is 0 Å². The predicted molar refractivity (Wildman–Crippen MR) is 113 cm³/mol. The van der Waals surface area contributed by atoms with Gasteiger partial charge in [0.1, 0.15) is 5.75 Å². The minimum absolute atomic E-state index is 0.137. The van der Waals surface area contributed by atoms with Crippen molar-refractivity contribution in [2.75, 3.05) is 23.3 Å². The molecule has 2 aromatic carbocycles. The molecule has 4 rings (SSSR count). The standard InChI is InChI=1S/C22H26N2O4S/c1-15-13-19(8-10-21(15)28-2)29(26,27)23-18-7-9-20-17(14-18)11-12-24(20)22(25)16-5-3-4-6-16/h7-10,13-14,16,23H,3-6,11-12H2,1-2H3. The summed E-state index contributed by atoms with van der Waals surface area (Å²) in [5.74, 6) is 0.995. The number of carbonyl (C=O) groups is 1. The highest BCUT2D eigenvalue weighted by Crippen LogP contribution is 2.35. The van der Waals surface area contributed by atoms with Gasteiger partial charge in [0.25, 0.3) is 10.0 Å². The first-order valence-corrected chi connectivity index (χ1v) is 11.5. The van der Waals surface area contributed by atoms with Crippen LogP contribution in [0.2, 0.25) is 0 Å². The molecule has 0 radical (unpaired) electrons. The van der Waals surface area contributed by atoms with Gasteiger partial charge in [-0.3, -0.25) is 9.52 Å². The third kappa shape index (κ3) is 3.83. The lowest BCUT2D eigenvalue weighted by atomic mass is 10.1. The van der Waals surface area contributed by atoms with Gasteiger partial charge in [-0.05, 0) is 73.7 Å². The van der Waals surface area contributed by atoms with Gasteiger partial charge in [-0.25, -0.2) is 8.42 Å². The Morgan fingerprint density at radius 2 is 1.90 bits per heavy atom. The first-order chi connectivity index (χ1) is 13.9. The predicted octanol–water partition coefficient (Wildman–Crippen LogP) is 3.88. The number of hydrogen-bond donors (Lipinski definition) is 1. The smallest absolute Gasteiger partial charge is 0.261 e. The highest BCUT2D eigenvalue weighted by atomic mass is 32.2. The van der Waals surface area contributed by atoms with Crippen molar-refractivity contribution in [1.29, 1.82) is 0 Å². The highest BCUT2D eigenvalue weighted by molar-refractivity contribution is 7.92. The van der Waals surface area contributed by atoms with Gasteiger partial charge in [0.15, 0.2) is 0 Å². The molecular formula is C22H26N2O4S. The monoisotopic (exact) mass is 414 g/mol. The molecule has 0 atom stereocenters. The second-order valence-corrected chi connectivity index (χ2v) is 9.48. The minimum atomic E-state index is -3.71. The molecule has 1 aliphatic heterocycles. The molecule has 6 nitrogen and oxygen atoms in total. The van der Waals surface area contributed by atoms with Gasteiger partial charge in [-0.15, -0.1) is 0 Å². The molecule has 0 spiro atoms. The van der Waals surface area contributed by atoms with Gasteiger partial charge in [0.2, 0.25) is 5.91 Å². The molecule has 1 heterocycles. The van der Waals surface area contributed by atoms with Crippen molar-refractivity contribution in [3.63, 3.8) is 0 Å². The number of amides is 1. The fourth-order valence-corrected chi connectivity index (χ4v) is 5.45. The van der Waals surface area contributed by atoms with Gasteiger partial charge >= 0.3 is 0 Å². The summed E-state index contributed by atoms with van der Waals surface area (Å²) in [6, 6.07) is 10.2. The summed E-state index contributed by atoms with van der Waals surface area (Å²) < 4.78 is 33.4. The molecule has 1 aliphatic carbocycles.